The molecule has 0 saturated heterocycles. The van der Waals surface area contributed by atoms with Crippen molar-refractivity contribution in [3.05, 3.63) is 30.1 Å². The fraction of sp³-hybridized carbons (Fsp3) is 0.500. The Labute approximate surface area is 116 Å². The third-order valence-electron chi connectivity index (χ3n) is 2.90. The van der Waals surface area contributed by atoms with Crippen LogP contribution < -0.4 is 5.32 Å². The van der Waals surface area contributed by atoms with Crippen LogP contribution in [0, 0.1) is 0 Å². The van der Waals surface area contributed by atoms with Gasteiger partial charge in [0.1, 0.15) is 0 Å². The minimum absolute atomic E-state index is 0.541. The molecule has 100 valence electrons. The Bertz CT molecular complexity index is 510. The van der Waals surface area contributed by atoms with E-state index in [-0.39, 0.29) is 0 Å². The van der Waals surface area contributed by atoms with Crippen molar-refractivity contribution in [3.8, 4) is 0 Å². The molecule has 0 aliphatic heterocycles. The van der Waals surface area contributed by atoms with Crippen molar-refractivity contribution in [1.82, 2.24) is 30.5 Å². The second-order valence-electron chi connectivity index (χ2n) is 4.48. The average Bonchev–Trinajstić information content (AvgIpc) is 3.19. The van der Waals surface area contributed by atoms with E-state index in [9.17, 15) is 0 Å². The quantitative estimate of drug-likeness (QED) is 0.607. The molecule has 1 fully saturated rings. The molecule has 0 aromatic carbocycles. The molecule has 6 nitrogen and oxygen atoms in total. The standard InChI is InChI=1S/C12H16N6S/c1-2-6-14-10(3-1)9-13-7-8-19-12-15-16-17-18(12)11-4-5-11/h1-3,6,11,13H,4-5,7-9H2. The minimum Gasteiger partial charge on any atom is -0.310 e. The first-order valence-electron chi connectivity index (χ1n) is 6.45. The number of hydrogen-bond acceptors (Lipinski definition) is 6. The molecule has 0 spiro atoms. The number of nitrogens with one attached hydrogen (secondary N) is 1. The van der Waals surface area contributed by atoms with Crippen molar-refractivity contribution in [3.63, 3.8) is 0 Å². The number of hydrogen-bond donors (Lipinski definition) is 1. The van der Waals surface area contributed by atoms with E-state index in [2.05, 4.69) is 25.8 Å². The zero-order chi connectivity index (χ0) is 12.9. The summed E-state index contributed by atoms with van der Waals surface area (Å²) in [7, 11) is 0. The van der Waals surface area contributed by atoms with E-state index in [1.807, 2.05) is 29.1 Å². The lowest BCUT2D eigenvalue weighted by molar-refractivity contribution is 0.565. The Morgan fingerprint density at radius 1 is 1.37 bits per heavy atom. The first-order chi connectivity index (χ1) is 9.43. The van der Waals surface area contributed by atoms with Gasteiger partial charge >= 0.3 is 0 Å². The highest BCUT2D eigenvalue weighted by Crippen LogP contribution is 2.36. The Morgan fingerprint density at radius 3 is 3.11 bits per heavy atom. The van der Waals surface area contributed by atoms with Gasteiger partial charge < -0.3 is 5.32 Å². The molecule has 19 heavy (non-hydrogen) atoms. The van der Waals surface area contributed by atoms with E-state index < -0.39 is 0 Å². The van der Waals surface area contributed by atoms with Gasteiger partial charge in [0, 0.05) is 25.0 Å². The summed E-state index contributed by atoms with van der Waals surface area (Å²) in [5.74, 6) is 0.958. The lowest BCUT2D eigenvalue weighted by Gasteiger charge is -2.04. The molecule has 2 aromatic rings. The highest BCUT2D eigenvalue weighted by atomic mass is 32.2. The van der Waals surface area contributed by atoms with Gasteiger partial charge in [0.05, 0.1) is 11.7 Å². The van der Waals surface area contributed by atoms with Crippen LogP contribution in [0.15, 0.2) is 29.6 Å². The van der Waals surface area contributed by atoms with E-state index in [0.29, 0.717) is 6.04 Å². The van der Waals surface area contributed by atoms with Gasteiger partial charge in [-0.3, -0.25) is 4.98 Å². The van der Waals surface area contributed by atoms with Crippen molar-refractivity contribution in [2.45, 2.75) is 30.6 Å². The second kappa shape index (κ2) is 6.12. The largest absolute Gasteiger partial charge is 0.310 e. The van der Waals surface area contributed by atoms with E-state index in [1.165, 1.54) is 12.8 Å². The van der Waals surface area contributed by atoms with Crippen molar-refractivity contribution in [1.29, 1.82) is 0 Å². The van der Waals surface area contributed by atoms with Crippen LogP contribution in [0.1, 0.15) is 24.6 Å². The van der Waals surface area contributed by atoms with Crippen LogP contribution in [0.25, 0.3) is 0 Å². The number of pyridine rings is 1. The normalized spacial score (nSPS) is 14.7. The van der Waals surface area contributed by atoms with E-state index in [0.717, 1.165) is 29.7 Å². The molecule has 2 heterocycles. The van der Waals surface area contributed by atoms with Gasteiger partial charge in [0.2, 0.25) is 5.16 Å². The molecule has 0 bridgehead atoms. The molecule has 3 rings (SSSR count). The Morgan fingerprint density at radius 2 is 2.32 bits per heavy atom. The lowest BCUT2D eigenvalue weighted by atomic mass is 10.3. The summed E-state index contributed by atoms with van der Waals surface area (Å²) in [6, 6.07) is 6.49. The van der Waals surface area contributed by atoms with Crippen LogP contribution in [-0.4, -0.2) is 37.5 Å². The van der Waals surface area contributed by atoms with Gasteiger partial charge in [-0.25, -0.2) is 4.68 Å². The van der Waals surface area contributed by atoms with Crippen LogP contribution in [0.5, 0.6) is 0 Å². The number of tetrazole rings is 1. The molecule has 1 saturated carbocycles. The van der Waals surface area contributed by atoms with Crippen LogP contribution in [0.4, 0.5) is 0 Å². The summed E-state index contributed by atoms with van der Waals surface area (Å²) in [5.41, 5.74) is 1.07. The summed E-state index contributed by atoms with van der Waals surface area (Å²) in [5, 5.41) is 16.1. The van der Waals surface area contributed by atoms with E-state index in [4.69, 9.17) is 0 Å². The van der Waals surface area contributed by atoms with Gasteiger partial charge in [-0.1, -0.05) is 17.8 Å². The molecule has 7 heteroatoms. The van der Waals surface area contributed by atoms with Crippen molar-refractivity contribution in [2.24, 2.45) is 0 Å². The molecular formula is C12H16N6S. The molecular weight excluding hydrogens is 260 g/mol. The predicted molar refractivity (Wildman–Crippen MR) is 72.8 cm³/mol. The average molecular weight is 276 g/mol. The summed E-state index contributed by atoms with van der Waals surface area (Å²) in [4.78, 5) is 4.27. The van der Waals surface area contributed by atoms with Gasteiger partial charge in [0.25, 0.3) is 0 Å². The summed E-state index contributed by atoms with van der Waals surface area (Å²) >= 11 is 1.70. The lowest BCUT2D eigenvalue weighted by Crippen LogP contribution is -2.17. The molecule has 1 aliphatic carbocycles. The first kappa shape index (κ1) is 12.6. The van der Waals surface area contributed by atoms with Crippen molar-refractivity contribution >= 4 is 11.8 Å². The van der Waals surface area contributed by atoms with E-state index >= 15 is 0 Å². The summed E-state index contributed by atoms with van der Waals surface area (Å²) in [6.45, 7) is 1.72. The smallest absolute Gasteiger partial charge is 0.209 e. The number of nitrogens with zero attached hydrogens (tertiary/aromatic N) is 5. The third-order valence-corrected chi connectivity index (χ3v) is 3.83. The van der Waals surface area contributed by atoms with Gasteiger partial charge in [-0.05, 0) is 35.4 Å². The third kappa shape index (κ3) is 3.51. The Balaban J connectivity index is 1.38. The molecule has 0 atom stereocenters. The van der Waals surface area contributed by atoms with Gasteiger partial charge in [0.15, 0.2) is 0 Å². The topological polar surface area (TPSA) is 68.5 Å². The number of thioether (sulfide) groups is 1. The molecule has 0 radical (unpaired) electrons. The predicted octanol–water partition coefficient (Wildman–Crippen LogP) is 1.28. The van der Waals surface area contributed by atoms with Gasteiger partial charge in [-0.2, -0.15) is 0 Å². The maximum atomic E-state index is 4.27. The SMILES string of the molecule is c1ccc(CNCCSc2nnnn2C2CC2)nc1. The number of aromatic nitrogens is 5. The summed E-state index contributed by atoms with van der Waals surface area (Å²) in [6.07, 6.45) is 4.22. The number of rotatable bonds is 7. The fourth-order valence-electron chi connectivity index (χ4n) is 1.76. The van der Waals surface area contributed by atoms with Crippen LogP contribution in [0.2, 0.25) is 0 Å². The monoisotopic (exact) mass is 276 g/mol. The second-order valence-corrected chi connectivity index (χ2v) is 5.55. The Hall–Kier alpha value is -1.47. The molecule has 1 aliphatic rings. The summed E-state index contributed by atoms with van der Waals surface area (Å²) < 4.78 is 1.95. The van der Waals surface area contributed by atoms with Crippen LogP contribution >= 0.6 is 11.8 Å². The Kier molecular flexibility index (Phi) is 4.04. The molecule has 0 amide bonds. The fourth-order valence-corrected chi connectivity index (χ4v) is 2.60. The van der Waals surface area contributed by atoms with Gasteiger partial charge in [-0.15, -0.1) is 5.10 Å². The maximum Gasteiger partial charge on any atom is 0.209 e. The zero-order valence-corrected chi connectivity index (χ0v) is 11.4. The zero-order valence-electron chi connectivity index (χ0n) is 10.6. The van der Waals surface area contributed by atoms with Crippen LogP contribution in [-0.2, 0) is 6.54 Å². The van der Waals surface area contributed by atoms with Crippen molar-refractivity contribution < 1.29 is 0 Å². The maximum absolute atomic E-state index is 4.27. The van der Waals surface area contributed by atoms with E-state index in [1.54, 1.807) is 11.8 Å². The molecule has 1 N–H and O–H groups in total. The van der Waals surface area contributed by atoms with Crippen LogP contribution in [0.3, 0.4) is 0 Å². The molecule has 0 unspecified atom stereocenters. The first-order valence-corrected chi connectivity index (χ1v) is 7.43. The highest BCUT2D eigenvalue weighted by Gasteiger charge is 2.27. The molecule has 2 aromatic heterocycles. The highest BCUT2D eigenvalue weighted by molar-refractivity contribution is 7.99. The minimum atomic E-state index is 0.541. The van der Waals surface area contributed by atoms with Crippen molar-refractivity contribution in [2.75, 3.05) is 12.3 Å².